The molecular weight excluding hydrogens is 142 g/mol. The highest BCUT2D eigenvalue weighted by atomic mass is 15.2. The highest BCUT2D eigenvalue weighted by Gasteiger charge is 1.91. The molecule has 0 saturated carbocycles. The summed E-state index contributed by atoms with van der Waals surface area (Å²) in [6.45, 7) is 2.65. The zero-order chi connectivity index (χ0) is 8.53. The van der Waals surface area contributed by atoms with Crippen LogP contribution in [0.25, 0.3) is 0 Å². The fourth-order valence-electron chi connectivity index (χ4n) is 0.602. The summed E-state index contributed by atoms with van der Waals surface area (Å²) >= 11 is 0. The number of nitrogens with zero attached hydrogens (tertiary/aromatic N) is 1. The fourth-order valence-corrected chi connectivity index (χ4v) is 0.602. The average molecular weight is 159 g/mol. The van der Waals surface area contributed by atoms with Gasteiger partial charge in [0.25, 0.3) is 0 Å². The minimum Gasteiger partial charge on any atom is -0.355 e. The average Bonchev–Trinajstić information content (AvgIpc) is 2.05. The summed E-state index contributed by atoms with van der Waals surface area (Å²) in [7, 11) is 1.71. The maximum absolute atomic E-state index is 5.29. The summed E-state index contributed by atoms with van der Waals surface area (Å²) in [6, 6.07) is 0. The molecule has 11 heavy (non-hydrogen) atoms. The highest BCUT2D eigenvalue weighted by molar-refractivity contribution is 5.79. The van der Waals surface area contributed by atoms with Crippen LogP contribution in [0, 0.1) is 0 Å². The number of nitrogens with one attached hydrogen (secondary N) is 2. The number of hydrogen-bond donors (Lipinski definition) is 4. The lowest BCUT2D eigenvalue weighted by Gasteiger charge is -2.09. The Balaban J connectivity index is 3.43. The molecule has 0 fully saturated rings. The molecular formula is C6H17N5. The summed E-state index contributed by atoms with van der Waals surface area (Å²) in [6.07, 6.45) is 0. The van der Waals surface area contributed by atoms with E-state index in [0.717, 1.165) is 19.0 Å². The number of guanidine groups is 1. The van der Waals surface area contributed by atoms with Crippen LogP contribution in [0.4, 0.5) is 0 Å². The largest absolute Gasteiger partial charge is 0.355 e. The molecule has 0 spiro atoms. The van der Waals surface area contributed by atoms with Gasteiger partial charge < -0.3 is 22.1 Å². The topological polar surface area (TPSA) is 88.5 Å². The Morgan fingerprint density at radius 1 is 1.18 bits per heavy atom. The predicted molar refractivity (Wildman–Crippen MR) is 47.5 cm³/mol. The molecule has 0 bridgehead atoms. The maximum atomic E-state index is 5.29. The van der Waals surface area contributed by atoms with Gasteiger partial charge in [0.05, 0.1) is 0 Å². The van der Waals surface area contributed by atoms with Crippen LogP contribution >= 0.6 is 0 Å². The maximum Gasteiger partial charge on any atom is 0.191 e. The minimum atomic E-state index is 0.601. The van der Waals surface area contributed by atoms with E-state index in [-0.39, 0.29) is 0 Å². The second-order valence-corrected chi connectivity index (χ2v) is 2.00. The van der Waals surface area contributed by atoms with Crippen LogP contribution in [-0.2, 0) is 0 Å². The second-order valence-electron chi connectivity index (χ2n) is 2.00. The van der Waals surface area contributed by atoms with Crippen molar-refractivity contribution < 1.29 is 0 Å². The lowest BCUT2D eigenvalue weighted by Crippen LogP contribution is -2.41. The summed E-state index contributed by atoms with van der Waals surface area (Å²) in [5.74, 6) is 0.751. The van der Waals surface area contributed by atoms with Gasteiger partial charge in [-0.05, 0) is 0 Å². The van der Waals surface area contributed by atoms with Gasteiger partial charge in [0.2, 0.25) is 0 Å². The van der Waals surface area contributed by atoms with Crippen molar-refractivity contribution in [3.05, 3.63) is 0 Å². The number of nitrogens with two attached hydrogens (primary N) is 2. The molecule has 0 aliphatic rings. The molecule has 66 valence electrons. The van der Waals surface area contributed by atoms with Crippen molar-refractivity contribution >= 4 is 5.96 Å². The first-order valence-electron chi connectivity index (χ1n) is 3.69. The Bertz CT molecular complexity index is 102. The van der Waals surface area contributed by atoms with Gasteiger partial charge in [-0.2, -0.15) is 0 Å². The van der Waals surface area contributed by atoms with Crippen molar-refractivity contribution in [2.75, 3.05) is 33.2 Å². The van der Waals surface area contributed by atoms with Crippen LogP contribution in [0.5, 0.6) is 0 Å². The van der Waals surface area contributed by atoms with Crippen LogP contribution in [0.2, 0.25) is 0 Å². The highest BCUT2D eigenvalue weighted by Crippen LogP contribution is 1.64. The van der Waals surface area contributed by atoms with Gasteiger partial charge >= 0.3 is 0 Å². The van der Waals surface area contributed by atoms with Gasteiger partial charge in [-0.25, -0.2) is 0 Å². The van der Waals surface area contributed by atoms with E-state index in [0.29, 0.717) is 13.1 Å². The quantitative estimate of drug-likeness (QED) is 0.284. The third-order valence-electron chi connectivity index (χ3n) is 1.10. The zero-order valence-electron chi connectivity index (χ0n) is 6.93. The molecule has 0 radical (unpaired) electrons. The lowest BCUT2D eigenvalue weighted by atomic mass is 10.6. The predicted octanol–water partition coefficient (Wildman–Crippen LogP) is -1.93. The van der Waals surface area contributed by atoms with Crippen molar-refractivity contribution in [2.45, 2.75) is 0 Å². The summed E-state index contributed by atoms with van der Waals surface area (Å²) in [5, 5.41) is 6.02. The molecule has 0 aromatic heterocycles. The van der Waals surface area contributed by atoms with Crippen LogP contribution in [-0.4, -0.2) is 39.2 Å². The van der Waals surface area contributed by atoms with Gasteiger partial charge in [-0.3, -0.25) is 4.99 Å². The number of rotatable bonds is 4. The van der Waals surface area contributed by atoms with Gasteiger partial charge in [-0.15, -0.1) is 0 Å². The first kappa shape index (κ1) is 10.2. The SMILES string of the molecule is CN=C(NCCN)NCCN. The monoisotopic (exact) mass is 159 g/mol. The fraction of sp³-hybridized carbons (Fsp3) is 0.833. The van der Waals surface area contributed by atoms with E-state index < -0.39 is 0 Å². The smallest absolute Gasteiger partial charge is 0.191 e. The van der Waals surface area contributed by atoms with Crippen molar-refractivity contribution in [1.29, 1.82) is 0 Å². The van der Waals surface area contributed by atoms with Gasteiger partial charge in [0.15, 0.2) is 5.96 Å². The molecule has 0 atom stereocenters. The van der Waals surface area contributed by atoms with E-state index in [9.17, 15) is 0 Å². The third-order valence-corrected chi connectivity index (χ3v) is 1.10. The summed E-state index contributed by atoms with van der Waals surface area (Å²) < 4.78 is 0. The van der Waals surface area contributed by atoms with Crippen molar-refractivity contribution in [3.63, 3.8) is 0 Å². The lowest BCUT2D eigenvalue weighted by molar-refractivity contribution is 0.794. The standard InChI is InChI=1S/C6H17N5/c1-9-6(10-4-2-7)11-5-3-8/h2-5,7-8H2,1H3,(H2,9,10,11). The second kappa shape index (κ2) is 7.30. The molecule has 0 heterocycles. The van der Waals surface area contributed by atoms with Crippen molar-refractivity contribution in [1.82, 2.24) is 10.6 Å². The molecule has 0 saturated heterocycles. The first-order valence-corrected chi connectivity index (χ1v) is 3.69. The molecule has 5 heteroatoms. The van der Waals surface area contributed by atoms with Gasteiger partial charge in [-0.1, -0.05) is 0 Å². The minimum absolute atomic E-state index is 0.601. The summed E-state index contributed by atoms with van der Waals surface area (Å²) in [4.78, 5) is 3.95. The molecule has 0 aliphatic heterocycles. The van der Waals surface area contributed by atoms with Crippen LogP contribution in [0.1, 0.15) is 0 Å². The van der Waals surface area contributed by atoms with E-state index in [1.54, 1.807) is 7.05 Å². The molecule has 6 N–H and O–H groups in total. The Kier molecular flexibility index (Phi) is 6.76. The molecule has 0 unspecified atom stereocenters. The van der Waals surface area contributed by atoms with Gasteiger partial charge in [0.1, 0.15) is 0 Å². The first-order chi connectivity index (χ1) is 5.35. The van der Waals surface area contributed by atoms with Crippen molar-refractivity contribution in [3.8, 4) is 0 Å². The molecule has 0 aliphatic carbocycles. The molecule has 0 amide bonds. The van der Waals surface area contributed by atoms with E-state index >= 15 is 0 Å². The molecule has 5 nitrogen and oxygen atoms in total. The van der Waals surface area contributed by atoms with Crippen LogP contribution in [0.15, 0.2) is 4.99 Å². The summed E-state index contributed by atoms with van der Waals surface area (Å²) in [5.41, 5.74) is 10.6. The van der Waals surface area contributed by atoms with E-state index in [4.69, 9.17) is 11.5 Å². The van der Waals surface area contributed by atoms with Crippen molar-refractivity contribution in [2.24, 2.45) is 16.5 Å². The van der Waals surface area contributed by atoms with Crippen LogP contribution in [0.3, 0.4) is 0 Å². The molecule has 0 aromatic carbocycles. The number of aliphatic imine (C=N–C) groups is 1. The number of hydrogen-bond acceptors (Lipinski definition) is 3. The Morgan fingerprint density at radius 3 is 1.91 bits per heavy atom. The van der Waals surface area contributed by atoms with E-state index in [1.807, 2.05) is 0 Å². The van der Waals surface area contributed by atoms with E-state index in [2.05, 4.69) is 15.6 Å². The Hall–Kier alpha value is -0.810. The van der Waals surface area contributed by atoms with E-state index in [1.165, 1.54) is 0 Å². The molecule has 0 rings (SSSR count). The Morgan fingerprint density at radius 2 is 1.64 bits per heavy atom. The van der Waals surface area contributed by atoms with Gasteiger partial charge in [0, 0.05) is 33.2 Å². The molecule has 0 aromatic rings. The third kappa shape index (κ3) is 5.63. The Labute approximate surface area is 67.2 Å². The zero-order valence-corrected chi connectivity index (χ0v) is 6.93. The van der Waals surface area contributed by atoms with Crippen LogP contribution < -0.4 is 22.1 Å². The normalized spacial score (nSPS) is 9.00.